The smallest absolute Gasteiger partial charge is 0.257 e. The lowest BCUT2D eigenvalue weighted by Crippen LogP contribution is -2.42. The quantitative estimate of drug-likeness (QED) is 0.855. The van der Waals surface area contributed by atoms with E-state index < -0.39 is 0 Å². The summed E-state index contributed by atoms with van der Waals surface area (Å²) in [6, 6.07) is 7.63. The highest BCUT2D eigenvalue weighted by molar-refractivity contribution is 5.99. The van der Waals surface area contributed by atoms with E-state index in [1.165, 1.54) is 6.42 Å². The molecule has 7 heteroatoms. The van der Waals surface area contributed by atoms with Crippen molar-refractivity contribution in [2.24, 2.45) is 5.92 Å². The minimum absolute atomic E-state index is 0. The summed E-state index contributed by atoms with van der Waals surface area (Å²) in [7, 11) is 3.59. The number of aromatic nitrogens is 2. The second kappa shape index (κ2) is 8.87. The van der Waals surface area contributed by atoms with Gasteiger partial charge in [-0.3, -0.25) is 9.89 Å². The molecule has 0 radical (unpaired) electrons. The first kappa shape index (κ1) is 19.3. The minimum atomic E-state index is 0. The molecule has 1 aliphatic rings. The van der Waals surface area contributed by atoms with Crippen molar-refractivity contribution in [1.82, 2.24) is 20.4 Å². The van der Waals surface area contributed by atoms with Crippen LogP contribution in [0.15, 0.2) is 30.5 Å². The summed E-state index contributed by atoms with van der Waals surface area (Å²) >= 11 is 0. The highest BCUT2D eigenvalue weighted by Gasteiger charge is 2.26. The second-order valence-electron chi connectivity index (χ2n) is 6.20. The van der Waals surface area contributed by atoms with Crippen LogP contribution in [0.1, 0.15) is 23.2 Å². The van der Waals surface area contributed by atoms with Crippen molar-refractivity contribution in [1.29, 1.82) is 0 Å². The predicted molar refractivity (Wildman–Crippen MR) is 100 cm³/mol. The van der Waals surface area contributed by atoms with Crippen LogP contribution in [0.3, 0.4) is 0 Å². The van der Waals surface area contributed by atoms with Gasteiger partial charge in [-0.15, -0.1) is 12.4 Å². The Labute approximate surface area is 154 Å². The van der Waals surface area contributed by atoms with Gasteiger partial charge in [0.05, 0.1) is 24.6 Å². The first-order chi connectivity index (χ1) is 11.7. The predicted octanol–water partition coefficient (Wildman–Crippen LogP) is 2.58. The summed E-state index contributed by atoms with van der Waals surface area (Å²) in [5.41, 5.74) is 2.32. The number of H-pyrrole nitrogens is 1. The second-order valence-corrected chi connectivity index (χ2v) is 6.20. The van der Waals surface area contributed by atoms with Crippen LogP contribution in [0.5, 0.6) is 5.75 Å². The fraction of sp³-hybridized carbons (Fsp3) is 0.444. The van der Waals surface area contributed by atoms with Gasteiger partial charge in [0.25, 0.3) is 5.91 Å². The zero-order valence-electron chi connectivity index (χ0n) is 14.6. The molecule has 25 heavy (non-hydrogen) atoms. The molecular formula is C18H25ClN4O2. The van der Waals surface area contributed by atoms with Crippen LogP contribution in [0, 0.1) is 5.92 Å². The SMILES string of the molecule is CNCC1CCCN(C(=O)c2cn[nH]c2-c2ccc(OC)cc2)C1.Cl. The molecular weight excluding hydrogens is 340 g/mol. The molecule has 2 heterocycles. The monoisotopic (exact) mass is 364 g/mol. The number of hydrogen-bond acceptors (Lipinski definition) is 4. The number of methoxy groups -OCH3 is 1. The lowest BCUT2D eigenvalue weighted by Gasteiger charge is -2.32. The number of likely N-dealkylation sites (tertiary alicyclic amines) is 1. The van der Waals surface area contributed by atoms with Crippen molar-refractivity contribution in [3.8, 4) is 17.0 Å². The van der Waals surface area contributed by atoms with Crippen molar-refractivity contribution in [3.63, 3.8) is 0 Å². The Morgan fingerprint density at radius 2 is 2.16 bits per heavy atom. The van der Waals surface area contributed by atoms with Crippen molar-refractivity contribution < 1.29 is 9.53 Å². The van der Waals surface area contributed by atoms with Crippen LogP contribution >= 0.6 is 12.4 Å². The van der Waals surface area contributed by atoms with Crippen LogP contribution in [0.2, 0.25) is 0 Å². The van der Waals surface area contributed by atoms with Crippen LogP contribution in [0.25, 0.3) is 11.3 Å². The first-order valence-electron chi connectivity index (χ1n) is 8.34. The number of rotatable bonds is 5. The number of nitrogens with zero attached hydrogens (tertiary/aromatic N) is 2. The fourth-order valence-electron chi connectivity index (χ4n) is 3.30. The van der Waals surface area contributed by atoms with E-state index in [9.17, 15) is 4.79 Å². The molecule has 136 valence electrons. The molecule has 0 bridgehead atoms. The number of piperidine rings is 1. The summed E-state index contributed by atoms with van der Waals surface area (Å²) in [6.07, 6.45) is 3.85. The zero-order chi connectivity index (χ0) is 16.9. The Kier molecular flexibility index (Phi) is 6.84. The number of amides is 1. The highest BCUT2D eigenvalue weighted by Crippen LogP contribution is 2.26. The number of aromatic amines is 1. The molecule has 1 amide bonds. The number of nitrogens with one attached hydrogen (secondary N) is 2. The fourth-order valence-corrected chi connectivity index (χ4v) is 3.30. The summed E-state index contributed by atoms with van der Waals surface area (Å²) < 4.78 is 5.19. The molecule has 1 unspecified atom stereocenters. The number of carbonyl (C=O) groups excluding carboxylic acids is 1. The van der Waals surface area contributed by atoms with E-state index in [-0.39, 0.29) is 18.3 Å². The van der Waals surface area contributed by atoms with Crippen LogP contribution in [-0.4, -0.2) is 54.8 Å². The molecule has 6 nitrogen and oxygen atoms in total. The normalized spacial score (nSPS) is 17.0. The summed E-state index contributed by atoms with van der Waals surface area (Å²) in [5, 5.41) is 10.3. The van der Waals surface area contributed by atoms with E-state index in [1.807, 2.05) is 36.2 Å². The van der Waals surface area contributed by atoms with Gasteiger partial charge in [-0.05, 0) is 56.6 Å². The average Bonchev–Trinajstić information content (AvgIpc) is 3.11. The lowest BCUT2D eigenvalue weighted by molar-refractivity contribution is 0.0675. The molecule has 2 N–H and O–H groups in total. The van der Waals surface area contributed by atoms with E-state index in [2.05, 4.69) is 15.5 Å². The van der Waals surface area contributed by atoms with Crippen molar-refractivity contribution in [2.45, 2.75) is 12.8 Å². The van der Waals surface area contributed by atoms with Gasteiger partial charge in [-0.1, -0.05) is 0 Å². The van der Waals surface area contributed by atoms with E-state index in [1.54, 1.807) is 13.3 Å². The average molecular weight is 365 g/mol. The van der Waals surface area contributed by atoms with Crippen LogP contribution < -0.4 is 10.1 Å². The van der Waals surface area contributed by atoms with Gasteiger partial charge < -0.3 is 15.0 Å². The molecule has 1 saturated heterocycles. The summed E-state index contributed by atoms with van der Waals surface area (Å²) in [5.74, 6) is 1.36. The van der Waals surface area contributed by atoms with Gasteiger partial charge in [-0.25, -0.2) is 0 Å². The molecule has 1 aromatic heterocycles. The standard InChI is InChI=1S/C18H24N4O2.ClH/c1-19-10-13-4-3-9-22(12-13)18(23)16-11-20-21-17(16)14-5-7-15(24-2)8-6-14;/h5-8,11,13,19H,3-4,9-10,12H2,1-2H3,(H,20,21);1H. The van der Waals surface area contributed by atoms with Crippen LogP contribution in [-0.2, 0) is 0 Å². The Hall–Kier alpha value is -2.05. The maximum absolute atomic E-state index is 12.9. The maximum atomic E-state index is 12.9. The summed E-state index contributed by atoms with van der Waals surface area (Å²) in [6.45, 7) is 2.56. The minimum Gasteiger partial charge on any atom is -0.497 e. The van der Waals surface area contributed by atoms with Gasteiger partial charge in [0.1, 0.15) is 5.75 Å². The third kappa shape index (κ3) is 4.32. The topological polar surface area (TPSA) is 70.2 Å². The molecule has 0 aliphatic carbocycles. The van der Waals surface area contributed by atoms with Crippen LogP contribution in [0.4, 0.5) is 0 Å². The van der Waals surface area contributed by atoms with E-state index in [0.717, 1.165) is 43.1 Å². The molecule has 1 aromatic carbocycles. The molecule has 2 aromatic rings. The highest BCUT2D eigenvalue weighted by atomic mass is 35.5. The van der Waals surface area contributed by atoms with Gasteiger partial charge in [0.15, 0.2) is 0 Å². The Balaban J connectivity index is 0.00000225. The third-order valence-electron chi connectivity index (χ3n) is 4.55. The molecule has 0 spiro atoms. The van der Waals surface area contributed by atoms with Gasteiger partial charge in [0, 0.05) is 18.7 Å². The van der Waals surface area contributed by atoms with Crippen molar-refractivity contribution in [3.05, 3.63) is 36.0 Å². The number of benzene rings is 1. The van der Waals surface area contributed by atoms with E-state index >= 15 is 0 Å². The molecule has 1 aliphatic heterocycles. The lowest BCUT2D eigenvalue weighted by atomic mass is 9.97. The van der Waals surface area contributed by atoms with Crippen molar-refractivity contribution >= 4 is 18.3 Å². The number of ether oxygens (including phenoxy) is 1. The third-order valence-corrected chi connectivity index (χ3v) is 4.55. The largest absolute Gasteiger partial charge is 0.497 e. The summed E-state index contributed by atoms with van der Waals surface area (Å²) in [4.78, 5) is 14.9. The Morgan fingerprint density at radius 3 is 2.84 bits per heavy atom. The number of halogens is 1. The van der Waals surface area contributed by atoms with Gasteiger partial charge in [-0.2, -0.15) is 5.10 Å². The molecule has 1 fully saturated rings. The Morgan fingerprint density at radius 1 is 1.40 bits per heavy atom. The maximum Gasteiger partial charge on any atom is 0.257 e. The molecule has 1 atom stereocenters. The zero-order valence-corrected chi connectivity index (χ0v) is 15.4. The van der Waals surface area contributed by atoms with E-state index in [0.29, 0.717) is 11.5 Å². The van der Waals surface area contributed by atoms with E-state index in [4.69, 9.17) is 4.74 Å². The molecule has 0 saturated carbocycles. The number of carbonyl (C=O) groups is 1. The number of hydrogen-bond donors (Lipinski definition) is 2. The van der Waals surface area contributed by atoms with Gasteiger partial charge >= 0.3 is 0 Å². The van der Waals surface area contributed by atoms with Crippen molar-refractivity contribution in [2.75, 3.05) is 33.8 Å². The molecule has 3 rings (SSSR count). The first-order valence-corrected chi connectivity index (χ1v) is 8.34. The van der Waals surface area contributed by atoms with Gasteiger partial charge in [0.2, 0.25) is 0 Å². The Bertz CT molecular complexity index is 685.